The molecule has 0 spiro atoms. The summed E-state index contributed by atoms with van der Waals surface area (Å²) in [7, 11) is 0. The summed E-state index contributed by atoms with van der Waals surface area (Å²) in [5.74, 6) is -0.824. The zero-order valence-electron chi connectivity index (χ0n) is 56.8. The fourth-order valence-corrected chi connectivity index (χ4v) is 12.0. The molecule has 1 unspecified atom stereocenters. The molecule has 0 saturated carbocycles. The maximum Gasteiger partial charge on any atom is 0.306 e. The van der Waals surface area contributed by atoms with Gasteiger partial charge in [-0.1, -0.05) is 392 Å². The molecule has 0 fully saturated rings. The molecule has 0 radical (unpaired) electrons. The van der Waals surface area contributed by atoms with E-state index in [2.05, 4.69) is 32.9 Å². The third kappa shape index (κ3) is 70.8. The molecule has 0 aromatic heterocycles. The van der Waals surface area contributed by atoms with E-state index >= 15 is 0 Å². The molecule has 6 nitrogen and oxygen atoms in total. The molecule has 83 heavy (non-hydrogen) atoms. The van der Waals surface area contributed by atoms with Gasteiger partial charge in [0, 0.05) is 19.3 Å². The lowest BCUT2D eigenvalue weighted by molar-refractivity contribution is -0.167. The van der Waals surface area contributed by atoms with Crippen LogP contribution in [0.15, 0.2) is 12.2 Å². The second kappa shape index (κ2) is 72.6. The normalized spacial score (nSPS) is 12.0. The molecule has 0 aliphatic heterocycles. The van der Waals surface area contributed by atoms with Gasteiger partial charge in [0.05, 0.1) is 0 Å². The standard InChI is InChI=1S/C77H148O6/c1-4-7-10-13-16-19-22-25-27-29-31-33-35-37-38-39-41-42-44-46-48-50-52-55-58-61-64-67-70-76(79)82-73-74(72-81-75(78)69-66-63-60-57-54-24-21-18-15-12-9-6-3)83-77(80)71-68-65-62-59-56-53-51-49-47-45-43-40-36-34-32-30-28-26-23-20-17-14-11-8-5-2/h30,32,74H,4-29,31,33-73H2,1-3H3/b32-30-. The van der Waals surface area contributed by atoms with Crippen molar-refractivity contribution in [2.45, 2.75) is 451 Å². The average molecular weight is 1170 g/mol. The van der Waals surface area contributed by atoms with Crippen molar-refractivity contribution in [3.05, 3.63) is 12.2 Å². The van der Waals surface area contributed by atoms with E-state index < -0.39 is 6.10 Å². The number of carbonyl (C=O) groups is 3. The smallest absolute Gasteiger partial charge is 0.306 e. The Kier molecular flexibility index (Phi) is 71.0. The fourth-order valence-electron chi connectivity index (χ4n) is 12.0. The number of esters is 3. The van der Waals surface area contributed by atoms with E-state index in [1.807, 2.05) is 0 Å². The second-order valence-electron chi connectivity index (χ2n) is 26.3. The number of ether oxygens (including phenoxy) is 3. The molecule has 492 valence electrons. The molecule has 0 amide bonds. The molecular weight excluding hydrogens is 1020 g/mol. The van der Waals surface area contributed by atoms with Crippen molar-refractivity contribution in [1.29, 1.82) is 0 Å². The van der Waals surface area contributed by atoms with Gasteiger partial charge < -0.3 is 14.2 Å². The van der Waals surface area contributed by atoms with Crippen LogP contribution in [0.1, 0.15) is 445 Å². The highest BCUT2D eigenvalue weighted by Crippen LogP contribution is 2.20. The Hall–Kier alpha value is -1.85. The maximum atomic E-state index is 13.0. The topological polar surface area (TPSA) is 78.9 Å². The molecule has 0 saturated heterocycles. The van der Waals surface area contributed by atoms with Crippen molar-refractivity contribution in [1.82, 2.24) is 0 Å². The van der Waals surface area contributed by atoms with E-state index in [9.17, 15) is 14.4 Å². The molecule has 1 atom stereocenters. The van der Waals surface area contributed by atoms with Crippen LogP contribution in [0.3, 0.4) is 0 Å². The number of hydrogen-bond acceptors (Lipinski definition) is 6. The number of carbonyl (C=O) groups excluding carboxylic acids is 3. The first-order valence-corrected chi connectivity index (χ1v) is 38.2. The summed E-state index contributed by atoms with van der Waals surface area (Å²) in [6, 6.07) is 0. The quantitative estimate of drug-likeness (QED) is 0.0261. The van der Waals surface area contributed by atoms with Gasteiger partial charge in [-0.15, -0.1) is 0 Å². The number of rotatable bonds is 72. The van der Waals surface area contributed by atoms with Crippen LogP contribution in [-0.2, 0) is 28.6 Å². The van der Waals surface area contributed by atoms with Gasteiger partial charge in [-0.2, -0.15) is 0 Å². The van der Waals surface area contributed by atoms with Gasteiger partial charge in [0.25, 0.3) is 0 Å². The molecule has 0 N–H and O–H groups in total. The van der Waals surface area contributed by atoms with E-state index in [0.717, 1.165) is 57.8 Å². The SMILES string of the molecule is CCCCCCCCCC/C=C\CCCCCCCCCCCCCCCC(=O)OC(COC(=O)CCCCCCCCCCCCCC)COC(=O)CCCCCCCCCCCCCCCCCCCCCCCCCCCCCC. The van der Waals surface area contributed by atoms with Gasteiger partial charge in [0.2, 0.25) is 0 Å². The monoisotopic (exact) mass is 1170 g/mol. The van der Waals surface area contributed by atoms with Gasteiger partial charge in [-0.3, -0.25) is 14.4 Å². The van der Waals surface area contributed by atoms with E-state index in [1.165, 1.54) is 347 Å². The Bertz CT molecular complexity index is 1300. The summed E-state index contributed by atoms with van der Waals surface area (Å²) >= 11 is 0. The van der Waals surface area contributed by atoms with Crippen LogP contribution >= 0.6 is 0 Å². The van der Waals surface area contributed by atoms with Crippen LogP contribution in [0.5, 0.6) is 0 Å². The minimum Gasteiger partial charge on any atom is -0.462 e. The lowest BCUT2D eigenvalue weighted by Crippen LogP contribution is -2.30. The molecule has 0 aromatic carbocycles. The summed E-state index contributed by atoms with van der Waals surface area (Å²) in [6.45, 7) is 6.73. The zero-order chi connectivity index (χ0) is 59.9. The second-order valence-corrected chi connectivity index (χ2v) is 26.3. The Balaban J connectivity index is 4.14. The Morgan fingerprint density at radius 1 is 0.229 bits per heavy atom. The van der Waals surface area contributed by atoms with Crippen molar-refractivity contribution in [2.24, 2.45) is 0 Å². The Morgan fingerprint density at radius 2 is 0.398 bits per heavy atom. The fraction of sp³-hybridized carbons (Fsp3) is 0.935. The number of hydrogen-bond donors (Lipinski definition) is 0. The molecule has 0 aliphatic rings. The molecule has 6 heteroatoms. The maximum absolute atomic E-state index is 13.0. The summed E-state index contributed by atoms with van der Waals surface area (Å²) in [5.41, 5.74) is 0. The van der Waals surface area contributed by atoms with Crippen LogP contribution in [-0.4, -0.2) is 37.2 Å². The molecule has 0 heterocycles. The van der Waals surface area contributed by atoms with Crippen LogP contribution in [0.2, 0.25) is 0 Å². The highest BCUT2D eigenvalue weighted by atomic mass is 16.6. The summed E-state index contributed by atoms with van der Waals surface area (Å²) in [5, 5.41) is 0. The van der Waals surface area contributed by atoms with Crippen LogP contribution in [0, 0.1) is 0 Å². The molecule has 0 bridgehead atoms. The van der Waals surface area contributed by atoms with Crippen LogP contribution < -0.4 is 0 Å². The summed E-state index contributed by atoms with van der Waals surface area (Å²) in [6.07, 6.45) is 88.4. The predicted octanol–water partition coefficient (Wildman–Crippen LogP) is 26.3. The Morgan fingerprint density at radius 3 is 0.602 bits per heavy atom. The van der Waals surface area contributed by atoms with Crippen molar-refractivity contribution < 1.29 is 28.6 Å². The molecule has 0 aromatic rings. The van der Waals surface area contributed by atoms with Gasteiger partial charge in [0.15, 0.2) is 6.10 Å². The lowest BCUT2D eigenvalue weighted by Gasteiger charge is -2.18. The first kappa shape index (κ1) is 81.2. The minimum absolute atomic E-state index is 0.0624. The van der Waals surface area contributed by atoms with Crippen LogP contribution in [0.25, 0.3) is 0 Å². The molecule has 0 aliphatic carbocycles. The van der Waals surface area contributed by atoms with Gasteiger partial charge in [-0.05, 0) is 44.9 Å². The first-order valence-electron chi connectivity index (χ1n) is 38.2. The summed E-state index contributed by atoms with van der Waals surface area (Å²) < 4.78 is 17.0. The van der Waals surface area contributed by atoms with Gasteiger partial charge in [0.1, 0.15) is 13.2 Å². The lowest BCUT2D eigenvalue weighted by atomic mass is 10.0. The molecular formula is C77H148O6. The minimum atomic E-state index is -0.766. The summed E-state index contributed by atoms with van der Waals surface area (Å²) in [4.78, 5) is 38.5. The van der Waals surface area contributed by atoms with Crippen molar-refractivity contribution in [3.8, 4) is 0 Å². The first-order chi connectivity index (χ1) is 41.0. The van der Waals surface area contributed by atoms with Crippen molar-refractivity contribution in [2.75, 3.05) is 13.2 Å². The molecule has 0 rings (SSSR count). The highest BCUT2D eigenvalue weighted by Gasteiger charge is 2.20. The largest absolute Gasteiger partial charge is 0.462 e. The average Bonchev–Trinajstić information content (AvgIpc) is 3.49. The van der Waals surface area contributed by atoms with Gasteiger partial charge in [-0.25, -0.2) is 0 Å². The van der Waals surface area contributed by atoms with E-state index in [4.69, 9.17) is 14.2 Å². The number of allylic oxidation sites excluding steroid dienone is 2. The Labute approximate surface area is 520 Å². The van der Waals surface area contributed by atoms with Crippen LogP contribution in [0.4, 0.5) is 0 Å². The zero-order valence-corrected chi connectivity index (χ0v) is 56.8. The van der Waals surface area contributed by atoms with Crippen molar-refractivity contribution in [3.63, 3.8) is 0 Å². The predicted molar refractivity (Wildman–Crippen MR) is 363 cm³/mol. The highest BCUT2D eigenvalue weighted by molar-refractivity contribution is 5.71. The number of unbranched alkanes of at least 4 members (excludes halogenated alkanes) is 59. The third-order valence-electron chi connectivity index (χ3n) is 17.8. The van der Waals surface area contributed by atoms with E-state index in [1.54, 1.807) is 0 Å². The third-order valence-corrected chi connectivity index (χ3v) is 17.8. The van der Waals surface area contributed by atoms with E-state index in [-0.39, 0.29) is 31.1 Å². The van der Waals surface area contributed by atoms with Crippen molar-refractivity contribution >= 4 is 17.9 Å². The van der Waals surface area contributed by atoms with Gasteiger partial charge >= 0.3 is 17.9 Å². The van der Waals surface area contributed by atoms with E-state index in [0.29, 0.717) is 19.3 Å².